The number of thioether (sulfide) groups is 1. The Bertz CT molecular complexity index is 1380. The second kappa shape index (κ2) is 9.71. The number of carbonyl (C=O) groups excluding carboxylic acids is 2. The Morgan fingerprint density at radius 2 is 1.74 bits per heavy atom. The third-order valence-corrected chi connectivity index (χ3v) is 8.04. The second-order valence-electron chi connectivity index (χ2n) is 8.23. The number of nitrogens with zero attached hydrogens (tertiary/aromatic N) is 4. The van der Waals surface area contributed by atoms with Crippen LogP contribution >= 0.6 is 23.1 Å². The number of hydrogen-bond donors (Lipinski definition) is 2. The summed E-state index contributed by atoms with van der Waals surface area (Å²) in [7, 11) is 0. The molecule has 4 aromatic rings. The van der Waals surface area contributed by atoms with E-state index in [0.29, 0.717) is 23.0 Å². The molecular weight excluding hydrogens is 468 g/mol. The minimum absolute atomic E-state index is 0.0464. The Labute approximate surface area is 205 Å². The van der Waals surface area contributed by atoms with Crippen molar-refractivity contribution in [1.29, 1.82) is 0 Å². The molecule has 0 spiro atoms. The van der Waals surface area contributed by atoms with Gasteiger partial charge in [-0.2, -0.15) is 0 Å². The van der Waals surface area contributed by atoms with Crippen LogP contribution in [0.3, 0.4) is 0 Å². The number of carbonyl (C=O) groups is 2. The zero-order valence-electron chi connectivity index (χ0n) is 19.2. The van der Waals surface area contributed by atoms with Gasteiger partial charge in [-0.15, -0.1) is 21.5 Å². The monoisotopic (exact) mass is 494 g/mol. The van der Waals surface area contributed by atoms with Crippen LogP contribution in [0.2, 0.25) is 0 Å². The van der Waals surface area contributed by atoms with Crippen molar-refractivity contribution >= 4 is 62.2 Å². The van der Waals surface area contributed by atoms with Crippen molar-refractivity contribution in [3.63, 3.8) is 0 Å². The molecule has 1 aromatic carbocycles. The lowest BCUT2D eigenvalue weighted by Crippen LogP contribution is -2.15. The number of rotatable bonds is 7. The highest BCUT2D eigenvalue weighted by atomic mass is 32.2. The topological polar surface area (TPSA) is 101 Å². The molecule has 0 bridgehead atoms. The van der Waals surface area contributed by atoms with Gasteiger partial charge in [-0.1, -0.05) is 25.6 Å². The van der Waals surface area contributed by atoms with Crippen LogP contribution in [0, 0.1) is 0 Å². The van der Waals surface area contributed by atoms with Crippen molar-refractivity contribution in [2.24, 2.45) is 0 Å². The molecule has 0 saturated heterocycles. The minimum Gasteiger partial charge on any atom is -0.326 e. The molecule has 0 aliphatic heterocycles. The van der Waals surface area contributed by atoms with Gasteiger partial charge in [-0.3, -0.25) is 14.0 Å². The summed E-state index contributed by atoms with van der Waals surface area (Å²) in [6.45, 7) is 3.88. The normalized spacial score (nSPS) is 13.2. The van der Waals surface area contributed by atoms with Gasteiger partial charge in [0, 0.05) is 29.1 Å². The highest BCUT2D eigenvalue weighted by Crippen LogP contribution is 2.38. The van der Waals surface area contributed by atoms with E-state index in [0.717, 1.165) is 41.0 Å². The van der Waals surface area contributed by atoms with Gasteiger partial charge < -0.3 is 10.6 Å². The molecule has 3 aromatic heterocycles. The fraction of sp³-hybridized carbons (Fsp3) is 0.375. The first kappa shape index (κ1) is 22.8. The average Bonchev–Trinajstić information content (AvgIpc) is 3.44. The zero-order chi connectivity index (χ0) is 23.7. The first-order valence-electron chi connectivity index (χ1n) is 11.6. The first-order chi connectivity index (χ1) is 16.6. The lowest BCUT2D eigenvalue weighted by atomic mass is 9.97. The number of aryl methyl sites for hydroxylation is 3. The third kappa shape index (κ3) is 4.39. The molecule has 8 nitrogen and oxygen atoms in total. The highest BCUT2D eigenvalue weighted by molar-refractivity contribution is 7.99. The lowest BCUT2D eigenvalue weighted by molar-refractivity contribution is -0.116. The summed E-state index contributed by atoms with van der Waals surface area (Å²) < 4.78 is 2.02. The molecule has 3 heterocycles. The van der Waals surface area contributed by atoms with Gasteiger partial charge in [-0.05, 0) is 55.5 Å². The standard InChI is InChI=1S/C24H26N6O2S2/c1-3-18-27-23-21(16-7-5-6-8-17(16)34-23)22-28-29-24(30(18)22)33-13-20(32)26-15-11-9-14(10-12-15)25-19(31)4-2/h9-12H,3-8,13H2,1-2H3,(H,25,31)(H,26,32). The summed E-state index contributed by atoms with van der Waals surface area (Å²) in [5.74, 6) is 0.943. The molecule has 5 rings (SSSR count). The van der Waals surface area contributed by atoms with Crippen LogP contribution in [-0.4, -0.2) is 37.1 Å². The highest BCUT2D eigenvalue weighted by Gasteiger charge is 2.23. The quantitative estimate of drug-likeness (QED) is 0.356. The minimum atomic E-state index is -0.132. The van der Waals surface area contributed by atoms with Crippen LogP contribution < -0.4 is 10.6 Å². The van der Waals surface area contributed by atoms with E-state index in [1.54, 1.807) is 42.5 Å². The van der Waals surface area contributed by atoms with Crippen molar-refractivity contribution in [3.05, 3.63) is 40.5 Å². The maximum absolute atomic E-state index is 12.6. The van der Waals surface area contributed by atoms with Gasteiger partial charge in [0.25, 0.3) is 0 Å². The van der Waals surface area contributed by atoms with Crippen LogP contribution in [0.15, 0.2) is 29.4 Å². The maximum atomic E-state index is 12.6. The smallest absolute Gasteiger partial charge is 0.234 e. The summed E-state index contributed by atoms with van der Waals surface area (Å²) in [5.41, 5.74) is 3.62. The van der Waals surface area contributed by atoms with E-state index < -0.39 is 0 Å². The van der Waals surface area contributed by atoms with Crippen molar-refractivity contribution in [3.8, 4) is 0 Å². The van der Waals surface area contributed by atoms with Crippen LogP contribution in [0.4, 0.5) is 11.4 Å². The van der Waals surface area contributed by atoms with Crippen molar-refractivity contribution in [2.45, 2.75) is 57.5 Å². The summed E-state index contributed by atoms with van der Waals surface area (Å²) >= 11 is 3.15. The summed E-state index contributed by atoms with van der Waals surface area (Å²) in [6, 6.07) is 7.09. The van der Waals surface area contributed by atoms with Crippen molar-refractivity contribution < 1.29 is 9.59 Å². The van der Waals surface area contributed by atoms with Gasteiger partial charge in [-0.25, -0.2) is 4.98 Å². The number of benzene rings is 1. The molecule has 0 fully saturated rings. The Morgan fingerprint density at radius 3 is 2.44 bits per heavy atom. The van der Waals surface area contributed by atoms with Gasteiger partial charge >= 0.3 is 0 Å². The molecule has 2 N–H and O–H groups in total. The van der Waals surface area contributed by atoms with Crippen LogP contribution in [0.1, 0.15) is 49.4 Å². The van der Waals surface area contributed by atoms with Gasteiger partial charge in [0.2, 0.25) is 11.8 Å². The maximum Gasteiger partial charge on any atom is 0.234 e. The van der Waals surface area contributed by atoms with Crippen molar-refractivity contribution in [1.82, 2.24) is 19.6 Å². The molecule has 0 saturated carbocycles. The van der Waals surface area contributed by atoms with Gasteiger partial charge in [0.1, 0.15) is 10.7 Å². The Kier molecular flexibility index (Phi) is 6.51. The van der Waals surface area contributed by atoms with Crippen LogP contribution in [0.25, 0.3) is 15.9 Å². The molecule has 0 unspecified atom stereocenters. The number of hydrogen-bond acceptors (Lipinski definition) is 7. The summed E-state index contributed by atoms with van der Waals surface area (Å²) in [5, 5.41) is 16.5. The van der Waals surface area contributed by atoms with Crippen molar-refractivity contribution in [2.75, 3.05) is 16.4 Å². The number of amides is 2. The van der Waals surface area contributed by atoms with Gasteiger partial charge in [0.05, 0.1) is 11.1 Å². The predicted octanol–water partition coefficient (Wildman–Crippen LogP) is 4.86. The first-order valence-corrected chi connectivity index (χ1v) is 13.4. The molecule has 0 radical (unpaired) electrons. The predicted molar refractivity (Wildman–Crippen MR) is 137 cm³/mol. The van der Waals surface area contributed by atoms with E-state index in [-0.39, 0.29) is 17.6 Å². The molecule has 2 amide bonds. The van der Waals surface area contributed by atoms with E-state index >= 15 is 0 Å². The van der Waals surface area contributed by atoms with E-state index in [1.807, 2.05) is 4.40 Å². The summed E-state index contributed by atoms with van der Waals surface area (Å²) in [4.78, 5) is 31.5. The second-order valence-corrected chi connectivity index (χ2v) is 10.3. The van der Waals surface area contributed by atoms with Crippen LogP contribution in [0.5, 0.6) is 0 Å². The number of thiophene rings is 1. The molecule has 176 valence electrons. The Morgan fingerprint density at radius 1 is 1.03 bits per heavy atom. The van der Waals surface area contributed by atoms with E-state index in [4.69, 9.17) is 4.98 Å². The van der Waals surface area contributed by atoms with E-state index in [9.17, 15) is 9.59 Å². The fourth-order valence-corrected chi connectivity index (χ4v) is 6.26. The number of fused-ring (bicyclic) bond motifs is 5. The van der Waals surface area contributed by atoms with E-state index in [2.05, 4.69) is 27.8 Å². The Hall–Kier alpha value is -2.98. The number of nitrogens with one attached hydrogen (secondary N) is 2. The Balaban J connectivity index is 1.33. The molecule has 1 aliphatic rings. The van der Waals surface area contributed by atoms with Gasteiger partial charge in [0.15, 0.2) is 10.8 Å². The SMILES string of the molecule is CCC(=O)Nc1ccc(NC(=O)CSc2nnc3c4c5c(sc4nc(CC)n23)CCCC5)cc1. The molecule has 10 heteroatoms. The largest absolute Gasteiger partial charge is 0.326 e. The zero-order valence-corrected chi connectivity index (χ0v) is 20.8. The molecular formula is C24H26N6O2S2. The number of anilines is 2. The molecule has 34 heavy (non-hydrogen) atoms. The van der Waals surface area contributed by atoms with Crippen LogP contribution in [-0.2, 0) is 28.9 Å². The summed E-state index contributed by atoms with van der Waals surface area (Å²) in [6.07, 6.45) is 5.79. The lowest BCUT2D eigenvalue weighted by Gasteiger charge is -2.11. The average molecular weight is 495 g/mol. The number of aromatic nitrogens is 4. The van der Waals surface area contributed by atoms with E-state index in [1.165, 1.54) is 35.0 Å². The molecule has 1 aliphatic carbocycles. The third-order valence-electron chi connectivity index (χ3n) is 5.92. The fourth-order valence-electron chi connectivity index (χ4n) is 4.24. The molecule has 0 atom stereocenters.